The predicted octanol–water partition coefficient (Wildman–Crippen LogP) is 2.41. The Balaban J connectivity index is 1.77. The van der Waals surface area contributed by atoms with Gasteiger partial charge in [0.2, 0.25) is 0 Å². The Morgan fingerprint density at radius 2 is 2.00 bits per heavy atom. The van der Waals surface area contributed by atoms with E-state index in [0.717, 1.165) is 18.6 Å². The average molecular weight is 278 g/mol. The van der Waals surface area contributed by atoms with Crippen LogP contribution in [0, 0.1) is 5.92 Å². The Bertz CT molecular complexity index is 467. The Labute approximate surface area is 117 Å². The molecule has 0 aromatic heterocycles. The highest BCUT2D eigenvalue weighted by Crippen LogP contribution is 2.21. The highest BCUT2D eigenvalue weighted by atomic mass is 16.5. The van der Waals surface area contributed by atoms with E-state index in [-0.39, 0.29) is 0 Å². The second-order valence-electron chi connectivity index (χ2n) is 4.73. The fourth-order valence-electron chi connectivity index (χ4n) is 2.18. The first-order valence-electron chi connectivity index (χ1n) is 6.50. The van der Waals surface area contributed by atoms with E-state index in [1.807, 2.05) is 12.1 Å². The monoisotopic (exact) mass is 278 g/mol. The molecule has 2 rings (SSSR count). The molecule has 7 nitrogen and oxygen atoms in total. The molecule has 3 N–H and O–H groups in total. The summed E-state index contributed by atoms with van der Waals surface area (Å²) in [5.74, 6) is 6.13. The molecule has 0 unspecified atom stereocenters. The van der Waals surface area contributed by atoms with Crippen molar-refractivity contribution in [1.29, 1.82) is 0 Å². The van der Waals surface area contributed by atoms with Crippen LogP contribution in [0.15, 0.2) is 34.6 Å². The Kier molecular flexibility index (Phi) is 4.75. The van der Waals surface area contributed by atoms with Gasteiger partial charge in [0.25, 0.3) is 0 Å². The summed E-state index contributed by atoms with van der Waals surface area (Å²) in [6, 6.07) is 7.18. The van der Waals surface area contributed by atoms with Gasteiger partial charge in [-0.05, 0) is 43.0 Å². The largest absolute Gasteiger partial charge is 0.493 e. The number of nitrogens with zero attached hydrogens (tertiary/aromatic N) is 3. The molecule has 20 heavy (non-hydrogen) atoms. The predicted molar refractivity (Wildman–Crippen MR) is 73.0 cm³/mol. The lowest BCUT2D eigenvalue weighted by Gasteiger charge is -2.29. The number of amides is 1. The molecule has 0 spiro atoms. The van der Waals surface area contributed by atoms with Crippen LogP contribution in [-0.4, -0.2) is 35.8 Å². The number of piperidine rings is 1. The first-order valence-corrected chi connectivity index (χ1v) is 6.50. The van der Waals surface area contributed by atoms with E-state index in [9.17, 15) is 4.79 Å². The van der Waals surface area contributed by atoms with E-state index >= 15 is 0 Å². The van der Waals surface area contributed by atoms with E-state index in [4.69, 9.17) is 15.7 Å². The zero-order valence-corrected chi connectivity index (χ0v) is 11.1. The van der Waals surface area contributed by atoms with Gasteiger partial charge in [0, 0.05) is 13.1 Å². The minimum Gasteiger partial charge on any atom is -0.493 e. The number of carbonyl (C=O) groups is 1. The quantitative estimate of drug-likeness (QED) is 0.501. The lowest BCUT2D eigenvalue weighted by Crippen LogP contribution is -2.38. The van der Waals surface area contributed by atoms with Gasteiger partial charge in [0.15, 0.2) is 0 Å². The molecule has 1 amide bonds. The number of ether oxygens (including phenoxy) is 1. The third-order valence-electron chi connectivity index (χ3n) is 3.38. The van der Waals surface area contributed by atoms with E-state index in [2.05, 4.69) is 10.3 Å². The van der Waals surface area contributed by atoms with E-state index in [1.54, 1.807) is 12.1 Å². The van der Waals surface area contributed by atoms with Crippen molar-refractivity contribution >= 4 is 11.8 Å². The third-order valence-corrected chi connectivity index (χ3v) is 3.38. The third kappa shape index (κ3) is 3.84. The molecule has 0 aliphatic carbocycles. The summed E-state index contributed by atoms with van der Waals surface area (Å²) >= 11 is 0. The summed E-state index contributed by atoms with van der Waals surface area (Å²) in [5, 5.41) is 15.8. The summed E-state index contributed by atoms with van der Waals surface area (Å²) in [7, 11) is 0. The van der Waals surface area contributed by atoms with Crippen LogP contribution in [0.1, 0.15) is 12.8 Å². The topological polar surface area (TPSA) is 101 Å². The van der Waals surface area contributed by atoms with E-state index < -0.39 is 6.09 Å². The van der Waals surface area contributed by atoms with Crippen LogP contribution in [0.4, 0.5) is 10.5 Å². The van der Waals surface area contributed by atoms with Gasteiger partial charge in [-0.1, -0.05) is 5.22 Å². The zero-order chi connectivity index (χ0) is 14.4. The summed E-state index contributed by atoms with van der Waals surface area (Å²) < 4.78 is 5.70. The van der Waals surface area contributed by atoms with Crippen molar-refractivity contribution in [3.63, 3.8) is 0 Å². The van der Waals surface area contributed by atoms with Crippen molar-refractivity contribution in [3.8, 4) is 5.75 Å². The van der Waals surface area contributed by atoms with Gasteiger partial charge in [-0.2, -0.15) is 0 Å². The van der Waals surface area contributed by atoms with E-state index in [1.165, 1.54) is 4.90 Å². The number of rotatable bonds is 4. The maximum atomic E-state index is 10.8. The molecule has 1 aliphatic heterocycles. The molecule has 1 fully saturated rings. The Morgan fingerprint density at radius 3 is 2.55 bits per heavy atom. The smallest absolute Gasteiger partial charge is 0.407 e. The number of hydrogen-bond donors (Lipinski definition) is 2. The number of carboxylic acid groups (broad SMARTS) is 1. The number of likely N-dealkylation sites (tertiary alicyclic amines) is 1. The van der Waals surface area contributed by atoms with Crippen LogP contribution < -0.4 is 10.6 Å². The molecular formula is C13H18N4O3. The van der Waals surface area contributed by atoms with Crippen molar-refractivity contribution in [2.45, 2.75) is 12.8 Å². The van der Waals surface area contributed by atoms with Gasteiger partial charge in [-0.25, -0.2) is 4.79 Å². The minimum atomic E-state index is -0.839. The van der Waals surface area contributed by atoms with Gasteiger partial charge >= 0.3 is 6.09 Å². The van der Waals surface area contributed by atoms with Gasteiger partial charge in [-0.15, -0.1) is 5.11 Å². The minimum absolute atomic E-state index is 0.397. The van der Waals surface area contributed by atoms with Crippen molar-refractivity contribution in [2.75, 3.05) is 19.7 Å². The van der Waals surface area contributed by atoms with Crippen LogP contribution in [0.25, 0.3) is 0 Å². The second kappa shape index (κ2) is 6.74. The zero-order valence-electron chi connectivity index (χ0n) is 11.1. The molecule has 1 aliphatic rings. The standard InChI is InChI=1S/C13H18N4O3/c14-16-15-11-1-3-12(4-2-11)20-9-10-5-7-17(8-6-10)13(18)19/h1-4,10H,5-9H2,(H2,14,15)(H,18,19). The molecule has 0 bridgehead atoms. The van der Waals surface area contributed by atoms with Gasteiger partial charge in [0.05, 0.1) is 12.3 Å². The van der Waals surface area contributed by atoms with Crippen molar-refractivity contribution < 1.29 is 14.6 Å². The first kappa shape index (κ1) is 14.1. The molecular weight excluding hydrogens is 260 g/mol. The highest BCUT2D eigenvalue weighted by molar-refractivity contribution is 5.64. The van der Waals surface area contributed by atoms with Crippen molar-refractivity contribution in [1.82, 2.24) is 4.90 Å². The maximum absolute atomic E-state index is 10.8. The SMILES string of the molecule is NN=Nc1ccc(OCC2CCN(C(=O)O)CC2)cc1. The number of nitrogens with two attached hydrogens (primary N) is 1. The lowest BCUT2D eigenvalue weighted by atomic mass is 9.98. The fraction of sp³-hybridized carbons (Fsp3) is 0.462. The Hall–Kier alpha value is -2.31. The van der Waals surface area contributed by atoms with Crippen LogP contribution in [0.2, 0.25) is 0 Å². The van der Waals surface area contributed by atoms with Crippen LogP contribution >= 0.6 is 0 Å². The summed E-state index contributed by atoms with van der Waals surface area (Å²) in [5.41, 5.74) is 0.676. The lowest BCUT2D eigenvalue weighted by molar-refractivity contribution is 0.111. The molecule has 1 aromatic rings. The highest BCUT2D eigenvalue weighted by Gasteiger charge is 2.22. The number of benzene rings is 1. The molecule has 0 saturated carbocycles. The molecule has 1 saturated heterocycles. The van der Waals surface area contributed by atoms with E-state index in [0.29, 0.717) is 31.3 Å². The molecule has 7 heteroatoms. The first-order chi connectivity index (χ1) is 9.69. The van der Waals surface area contributed by atoms with Gasteiger partial charge in [-0.3, -0.25) is 0 Å². The summed E-state index contributed by atoms with van der Waals surface area (Å²) in [4.78, 5) is 12.2. The fourth-order valence-corrected chi connectivity index (χ4v) is 2.18. The van der Waals surface area contributed by atoms with Crippen molar-refractivity contribution in [3.05, 3.63) is 24.3 Å². The summed E-state index contributed by atoms with van der Waals surface area (Å²) in [6.07, 6.45) is 0.839. The Morgan fingerprint density at radius 1 is 1.35 bits per heavy atom. The maximum Gasteiger partial charge on any atom is 0.407 e. The molecule has 0 radical (unpaired) electrons. The van der Waals surface area contributed by atoms with Crippen LogP contribution in [0.5, 0.6) is 5.75 Å². The van der Waals surface area contributed by atoms with Crippen molar-refractivity contribution in [2.24, 2.45) is 22.1 Å². The summed E-state index contributed by atoms with van der Waals surface area (Å²) in [6.45, 7) is 1.77. The van der Waals surface area contributed by atoms with Gasteiger partial charge in [0.1, 0.15) is 5.75 Å². The molecule has 108 valence electrons. The van der Waals surface area contributed by atoms with Crippen LogP contribution in [0.3, 0.4) is 0 Å². The normalized spacial score (nSPS) is 16.5. The molecule has 0 atom stereocenters. The molecule has 1 heterocycles. The second-order valence-corrected chi connectivity index (χ2v) is 4.73. The number of hydrogen-bond acceptors (Lipinski definition) is 4. The average Bonchev–Trinajstić information content (AvgIpc) is 2.47. The van der Waals surface area contributed by atoms with Crippen LogP contribution in [-0.2, 0) is 0 Å². The molecule has 1 aromatic carbocycles. The van der Waals surface area contributed by atoms with Gasteiger partial charge < -0.3 is 20.6 Å².